The van der Waals surface area contributed by atoms with Crippen molar-refractivity contribution in [3.63, 3.8) is 0 Å². The quantitative estimate of drug-likeness (QED) is 0.605. The number of aryl methyl sites for hydroxylation is 1. The van der Waals surface area contributed by atoms with Gasteiger partial charge < -0.3 is 14.2 Å². The zero-order valence-electron chi connectivity index (χ0n) is 13.5. The molecule has 2 aromatic heterocycles. The fourth-order valence-corrected chi connectivity index (χ4v) is 2.72. The molecule has 0 aliphatic heterocycles. The first kappa shape index (κ1) is 15.2. The number of fused-ring (bicyclic) bond motifs is 2. The Hall–Kier alpha value is -3.34. The third-order valence-electron chi connectivity index (χ3n) is 4.12. The number of benzene rings is 2. The van der Waals surface area contributed by atoms with Crippen molar-refractivity contribution in [2.45, 2.75) is 13.3 Å². The van der Waals surface area contributed by atoms with E-state index in [0.29, 0.717) is 16.7 Å². The van der Waals surface area contributed by atoms with Crippen molar-refractivity contribution in [2.75, 3.05) is 5.32 Å². The molecule has 0 atom stereocenters. The van der Waals surface area contributed by atoms with Crippen molar-refractivity contribution in [1.29, 1.82) is 0 Å². The molecule has 0 spiro atoms. The van der Waals surface area contributed by atoms with E-state index >= 15 is 0 Å². The van der Waals surface area contributed by atoms with Gasteiger partial charge in [0.25, 0.3) is 5.91 Å². The fourth-order valence-electron chi connectivity index (χ4n) is 2.72. The Morgan fingerprint density at radius 2 is 1.76 bits per heavy atom. The Bertz CT molecular complexity index is 1140. The molecule has 5 heteroatoms. The van der Waals surface area contributed by atoms with Gasteiger partial charge in [-0.05, 0) is 36.2 Å². The van der Waals surface area contributed by atoms with Gasteiger partial charge in [-0.2, -0.15) is 0 Å². The van der Waals surface area contributed by atoms with E-state index in [0.717, 1.165) is 6.42 Å². The number of carbonyl (C=O) groups is 1. The van der Waals surface area contributed by atoms with Crippen molar-refractivity contribution in [3.05, 3.63) is 76.1 Å². The monoisotopic (exact) mass is 333 g/mol. The lowest BCUT2D eigenvalue weighted by Crippen LogP contribution is -2.10. The lowest BCUT2D eigenvalue weighted by Gasteiger charge is -2.03. The molecule has 0 bridgehead atoms. The molecule has 0 saturated heterocycles. The Kier molecular flexibility index (Phi) is 3.61. The number of nitrogens with one attached hydrogen (secondary N) is 1. The molecule has 124 valence electrons. The second-order valence-corrected chi connectivity index (χ2v) is 5.74. The summed E-state index contributed by atoms with van der Waals surface area (Å²) in [5.41, 5.74) is 2.05. The SMILES string of the molecule is CCc1ccc(NC(=O)c2cc3c(=O)c4ccccc4oc3o2)cc1. The fraction of sp³-hybridized carbons (Fsp3) is 0.100. The largest absolute Gasteiger partial charge is 0.425 e. The zero-order valence-corrected chi connectivity index (χ0v) is 13.5. The molecule has 0 aliphatic carbocycles. The van der Waals surface area contributed by atoms with Crippen LogP contribution < -0.4 is 10.7 Å². The highest BCUT2D eigenvalue weighted by Crippen LogP contribution is 2.22. The van der Waals surface area contributed by atoms with Gasteiger partial charge in [-0.1, -0.05) is 31.2 Å². The molecule has 0 fully saturated rings. The van der Waals surface area contributed by atoms with Crippen LogP contribution in [-0.2, 0) is 6.42 Å². The van der Waals surface area contributed by atoms with E-state index in [4.69, 9.17) is 8.83 Å². The molecular weight excluding hydrogens is 318 g/mol. The van der Waals surface area contributed by atoms with Crippen molar-refractivity contribution in [2.24, 2.45) is 0 Å². The van der Waals surface area contributed by atoms with Crippen LogP contribution in [0.2, 0.25) is 0 Å². The highest BCUT2D eigenvalue weighted by molar-refractivity contribution is 6.04. The number of amides is 1. The van der Waals surface area contributed by atoms with Crippen LogP contribution in [0, 0.1) is 0 Å². The minimum absolute atomic E-state index is 0.0331. The summed E-state index contributed by atoms with van der Waals surface area (Å²) in [5, 5.41) is 3.47. The third-order valence-corrected chi connectivity index (χ3v) is 4.12. The number of para-hydroxylation sites is 1. The topological polar surface area (TPSA) is 72.5 Å². The Balaban J connectivity index is 1.71. The van der Waals surface area contributed by atoms with Crippen LogP contribution in [0.4, 0.5) is 5.69 Å². The Morgan fingerprint density at radius 3 is 2.52 bits per heavy atom. The second kappa shape index (κ2) is 5.94. The molecule has 0 radical (unpaired) electrons. The predicted octanol–water partition coefficient (Wildman–Crippen LogP) is 4.35. The number of anilines is 1. The van der Waals surface area contributed by atoms with E-state index in [1.54, 1.807) is 24.3 Å². The summed E-state index contributed by atoms with van der Waals surface area (Å²) in [5.74, 6) is -0.347. The molecule has 2 aromatic carbocycles. The lowest BCUT2D eigenvalue weighted by atomic mass is 10.1. The van der Waals surface area contributed by atoms with Crippen LogP contribution in [0.5, 0.6) is 0 Å². The molecule has 4 rings (SSSR count). The first-order valence-electron chi connectivity index (χ1n) is 8.01. The summed E-state index contributed by atoms with van der Waals surface area (Å²) in [6, 6.07) is 15.9. The molecule has 5 nitrogen and oxygen atoms in total. The molecule has 25 heavy (non-hydrogen) atoms. The van der Waals surface area contributed by atoms with Crippen LogP contribution >= 0.6 is 0 Å². The molecule has 1 amide bonds. The zero-order chi connectivity index (χ0) is 17.4. The highest BCUT2D eigenvalue weighted by atomic mass is 16.5. The van der Waals surface area contributed by atoms with Gasteiger partial charge in [-0.25, -0.2) is 0 Å². The molecule has 2 heterocycles. The maximum absolute atomic E-state index is 12.5. The summed E-state index contributed by atoms with van der Waals surface area (Å²) < 4.78 is 11.0. The minimum Gasteiger partial charge on any atom is -0.425 e. The standard InChI is InChI=1S/C20H15NO4/c1-2-12-7-9-13(10-8-12)21-19(23)17-11-15-18(22)14-5-3-4-6-16(14)24-20(15)25-17/h3-11H,2H2,1H3,(H,21,23). The van der Waals surface area contributed by atoms with Gasteiger partial charge in [0, 0.05) is 11.8 Å². The van der Waals surface area contributed by atoms with Gasteiger partial charge in [0.1, 0.15) is 11.0 Å². The number of furan rings is 1. The van der Waals surface area contributed by atoms with Crippen LogP contribution in [0.3, 0.4) is 0 Å². The molecule has 0 saturated carbocycles. The lowest BCUT2D eigenvalue weighted by molar-refractivity contribution is 0.0997. The van der Waals surface area contributed by atoms with E-state index < -0.39 is 5.91 Å². The van der Waals surface area contributed by atoms with Crippen molar-refractivity contribution < 1.29 is 13.6 Å². The summed E-state index contributed by atoms with van der Waals surface area (Å²) >= 11 is 0. The maximum atomic E-state index is 12.5. The molecule has 1 N–H and O–H groups in total. The van der Waals surface area contributed by atoms with Gasteiger partial charge in [-0.15, -0.1) is 0 Å². The number of hydrogen-bond donors (Lipinski definition) is 1. The minimum atomic E-state index is -0.431. The van der Waals surface area contributed by atoms with Crippen LogP contribution in [0.1, 0.15) is 23.0 Å². The average Bonchev–Trinajstić information content (AvgIpc) is 3.07. The predicted molar refractivity (Wildman–Crippen MR) is 96.0 cm³/mol. The molecule has 0 unspecified atom stereocenters. The van der Waals surface area contributed by atoms with Crippen molar-refractivity contribution >= 4 is 33.7 Å². The second-order valence-electron chi connectivity index (χ2n) is 5.74. The maximum Gasteiger partial charge on any atom is 0.302 e. The van der Waals surface area contributed by atoms with Gasteiger partial charge in [0.05, 0.1) is 5.39 Å². The summed E-state index contributed by atoms with van der Waals surface area (Å²) in [6.07, 6.45) is 0.930. The van der Waals surface area contributed by atoms with Crippen LogP contribution in [0.25, 0.3) is 22.1 Å². The first-order chi connectivity index (χ1) is 12.2. The van der Waals surface area contributed by atoms with Crippen LogP contribution in [0.15, 0.2) is 68.2 Å². The normalized spacial score (nSPS) is 11.1. The van der Waals surface area contributed by atoms with E-state index in [-0.39, 0.29) is 22.4 Å². The number of rotatable bonds is 3. The number of hydrogen-bond acceptors (Lipinski definition) is 4. The van der Waals surface area contributed by atoms with Gasteiger partial charge in [0.15, 0.2) is 5.76 Å². The summed E-state index contributed by atoms with van der Waals surface area (Å²) in [4.78, 5) is 24.9. The average molecular weight is 333 g/mol. The van der Waals surface area contributed by atoms with E-state index in [1.165, 1.54) is 11.6 Å². The molecular formula is C20H15NO4. The van der Waals surface area contributed by atoms with Gasteiger partial charge in [-0.3, -0.25) is 9.59 Å². The summed E-state index contributed by atoms with van der Waals surface area (Å²) in [7, 11) is 0. The van der Waals surface area contributed by atoms with Crippen molar-refractivity contribution in [3.8, 4) is 0 Å². The molecule has 0 aliphatic rings. The first-order valence-corrected chi connectivity index (χ1v) is 8.01. The third kappa shape index (κ3) is 2.70. The highest BCUT2D eigenvalue weighted by Gasteiger charge is 2.17. The van der Waals surface area contributed by atoms with Crippen molar-refractivity contribution in [1.82, 2.24) is 0 Å². The number of carbonyl (C=O) groups excluding carboxylic acids is 1. The Morgan fingerprint density at radius 1 is 1.00 bits per heavy atom. The van der Waals surface area contributed by atoms with Crippen LogP contribution in [-0.4, -0.2) is 5.91 Å². The smallest absolute Gasteiger partial charge is 0.302 e. The summed E-state index contributed by atoms with van der Waals surface area (Å²) in [6.45, 7) is 2.07. The van der Waals surface area contributed by atoms with Gasteiger partial charge in [0.2, 0.25) is 5.43 Å². The van der Waals surface area contributed by atoms with E-state index in [1.807, 2.05) is 24.3 Å². The van der Waals surface area contributed by atoms with Gasteiger partial charge >= 0.3 is 5.78 Å². The molecule has 4 aromatic rings. The van der Waals surface area contributed by atoms with E-state index in [9.17, 15) is 9.59 Å². The Labute approximate surface area is 142 Å². The van der Waals surface area contributed by atoms with E-state index in [2.05, 4.69) is 12.2 Å².